The largest absolute Gasteiger partial charge is 0.466 e. The number of unbranched alkanes of at least 4 members (excludes halogenated alkanes) is 3. The molecule has 116 valence electrons. The number of aromatic nitrogens is 1. The summed E-state index contributed by atoms with van der Waals surface area (Å²) in [7, 11) is 0. The van der Waals surface area contributed by atoms with Crippen LogP contribution in [0.2, 0.25) is 0 Å². The number of urea groups is 1. The minimum atomic E-state index is -0.227. The minimum absolute atomic E-state index is 0.133. The van der Waals surface area contributed by atoms with Crippen LogP contribution in [0.1, 0.15) is 39.0 Å². The van der Waals surface area contributed by atoms with E-state index in [0.717, 1.165) is 25.7 Å². The van der Waals surface area contributed by atoms with Crippen molar-refractivity contribution in [2.24, 2.45) is 0 Å². The van der Waals surface area contributed by atoms with Gasteiger partial charge in [0.2, 0.25) is 0 Å². The van der Waals surface area contributed by atoms with Crippen molar-refractivity contribution >= 4 is 17.7 Å². The van der Waals surface area contributed by atoms with E-state index < -0.39 is 0 Å². The van der Waals surface area contributed by atoms with Crippen LogP contribution in [0.3, 0.4) is 0 Å². The van der Waals surface area contributed by atoms with Gasteiger partial charge in [-0.05, 0) is 31.9 Å². The van der Waals surface area contributed by atoms with Gasteiger partial charge in [0.15, 0.2) is 0 Å². The zero-order valence-electron chi connectivity index (χ0n) is 12.4. The number of nitrogens with zero attached hydrogens (tertiary/aromatic N) is 1. The predicted molar refractivity (Wildman–Crippen MR) is 81.0 cm³/mol. The van der Waals surface area contributed by atoms with E-state index in [1.54, 1.807) is 31.5 Å². The van der Waals surface area contributed by atoms with E-state index in [-0.39, 0.29) is 12.0 Å². The third kappa shape index (κ3) is 8.62. The quantitative estimate of drug-likeness (QED) is 0.542. The van der Waals surface area contributed by atoms with E-state index in [9.17, 15) is 9.59 Å². The number of amides is 2. The molecule has 0 atom stereocenters. The lowest BCUT2D eigenvalue weighted by Gasteiger charge is -2.07. The lowest BCUT2D eigenvalue weighted by atomic mass is 10.1. The maximum atomic E-state index is 11.6. The van der Waals surface area contributed by atoms with Crippen molar-refractivity contribution in [3.05, 3.63) is 24.5 Å². The highest BCUT2D eigenvalue weighted by molar-refractivity contribution is 5.88. The molecule has 0 aromatic carbocycles. The van der Waals surface area contributed by atoms with Gasteiger partial charge in [-0.25, -0.2) is 4.79 Å². The zero-order valence-corrected chi connectivity index (χ0v) is 12.4. The fraction of sp³-hybridized carbons (Fsp3) is 0.533. The van der Waals surface area contributed by atoms with E-state index in [0.29, 0.717) is 25.3 Å². The number of pyridine rings is 1. The Labute approximate surface area is 125 Å². The number of hydrogen-bond donors (Lipinski definition) is 2. The number of carbonyl (C=O) groups excluding carboxylic acids is 2. The predicted octanol–water partition coefficient (Wildman–Crippen LogP) is 2.72. The van der Waals surface area contributed by atoms with E-state index in [1.807, 2.05) is 0 Å². The SMILES string of the molecule is CCOC(=O)CCCCCCNC(=O)Nc1cccnc1. The minimum Gasteiger partial charge on any atom is -0.466 e. The van der Waals surface area contributed by atoms with Gasteiger partial charge in [-0.2, -0.15) is 0 Å². The summed E-state index contributed by atoms with van der Waals surface area (Å²) in [5.41, 5.74) is 0.671. The second-order valence-corrected chi connectivity index (χ2v) is 4.59. The van der Waals surface area contributed by atoms with Crippen molar-refractivity contribution in [3.63, 3.8) is 0 Å². The molecular formula is C15H23N3O3. The van der Waals surface area contributed by atoms with Crippen LogP contribution in [0, 0.1) is 0 Å². The number of carbonyl (C=O) groups is 2. The van der Waals surface area contributed by atoms with Gasteiger partial charge in [0.1, 0.15) is 0 Å². The van der Waals surface area contributed by atoms with Crippen molar-refractivity contribution in [3.8, 4) is 0 Å². The first-order chi connectivity index (χ1) is 10.2. The topological polar surface area (TPSA) is 80.3 Å². The monoisotopic (exact) mass is 293 g/mol. The third-order valence-corrected chi connectivity index (χ3v) is 2.82. The Morgan fingerprint density at radius 1 is 1.24 bits per heavy atom. The molecule has 6 heteroatoms. The summed E-state index contributed by atoms with van der Waals surface area (Å²) in [6, 6.07) is 3.32. The van der Waals surface area contributed by atoms with Gasteiger partial charge in [-0.3, -0.25) is 9.78 Å². The lowest BCUT2D eigenvalue weighted by Crippen LogP contribution is -2.29. The van der Waals surface area contributed by atoms with E-state index in [4.69, 9.17) is 4.74 Å². The van der Waals surface area contributed by atoms with Crippen LogP contribution in [0.5, 0.6) is 0 Å². The Hall–Kier alpha value is -2.11. The first-order valence-electron chi connectivity index (χ1n) is 7.33. The summed E-state index contributed by atoms with van der Waals surface area (Å²) in [4.78, 5) is 26.6. The van der Waals surface area contributed by atoms with Gasteiger partial charge in [0, 0.05) is 19.2 Å². The molecule has 0 unspecified atom stereocenters. The molecule has 0 fully saturated rings. The van der Waals surface area contributed by atoms with Crippen LogP contribution < -0.4 is 10.6 Å². The summed E-state index contributed by atoms with van der Waals surface area (Å²) in [5, 5.41) is 5.48. The van der Waals surface area contributed by atoms with Crippen LogP contribution in [0.4, 0.5) is 10.5 Å². The zero-order chi connectivity index (χ0) is 15.3. The molecule has 2 amide bonds. The van der Waals surface area contributed by atoms with Gasteiger partial charge >= 0.3 is 12.0 Å². The van der Waals surface area contributed by atoms with E-state index >= 15 is 0 Å². The average molecular weight is 293 g/mol. The second-order valence-electron chi connectivity index (χ2n) is 4.59. The molecule has 1 rings (SSSR count). The summed E-state index contributed by atoms with van der Waals surface area (Å²) in [6.07, 6.45) is 7.39. The van der Waals surface area contributed by atoms with Crippen molar-refractivity contribution in [2.75, 3.05) is 18.5 Å². The first-order valence-corrected chi connectivity index (χ1v) is 7.33. The number of esters is 1. The number of ether oxygens (including phenoxy) is 1. The first kappa shape index (κ1) is 16.9. The highest BCUT2D eigenvalue weighted by Gasteiger charge is 2.02. The molecule has 0 saturated heterocycles. The van der Waals surface area contributed by atoms with Crippen molar-refractivity contribution in [2.45, 2.75) is 39.0 Å². The Bertz CT molecular complexity index is 423. The normalized spacial score (nSPS) is 9.95. The summed E-state index contributed by atoms with van der Waals surface area (Å²) in [5.74, 6) is -0.133. The summed E-state index contributed by atoms with van der Waals surface area (Å²) in [6.45, 7) is 2.86. The van der Waals surface area contributed by atoms with Gasteiger partial charge in [-0.1, -0.05) is 12.8 Å². The highest BCUT2D eigenvalue weighted by Crippen LogP contribution is 2.04. The molecule has 0 aliphatic carbocycles. The summed E-state index contributed by atoms with van der Waals surface area (Å²) >= 11 is 0. The lowest BCUT2D eigenvalue weighted by molar-refractivity contribution is -0.143. The maximum absolute atomic E-state index is 11.6. The molecule has 0 spiro atoms. The Balaban J connectivity index is 1.97. The molecule has 1 heterocycles. The van der Waals surface area contributed by atoms with E-state index in [1.165, 1.54) is 0 Å². The second kappa shape index (κ2) is 10.7. The molecule has 1 aromatic rings. The van der Waals surface area contributed by atoms with Crippen LogP contribution in [-0.2, 0) is 9.53 Å². The van der Waals surface area contributed by atoms with Crippen LogP contribution in [0.15, 0.2) is 24.5 Å². The van der Waals surface area contributed by atoms with E-state index in [2.05, 4.69) is 15.6 Å². The molecule has 0 aliphatic heterocycles. The molecule has 0 radical (unpaired) electrons. The Kier molecular flexibility index (Phi) is 8.59. The van der Waals surface area contributed by atoms with Gasteiger partial charge < -0.3 is 15.4 Å². The highest BCUT2D eigenvalue weighted by atomic mass is 16.5. The molecule has 2 N–H and O–H groups in total. The molecular weight excluding hydrogens is 270 g/mol. The van der Waals surface area contributed by atoms with Crippen molar-refractivity contribution in [1.29, 1.82) is 0 Å². The molecule has 1 aromatic heterocycles. The molecule has 0 aliphatic rings. The van der Waals surface area contributed by atoms with Gasteiger partial charge in [0.05, 0.1) is 18.5 Å². The average Bonchev–Trinajstić information content (AvgIpc) is 2.47. The van der Waals surface area contributed by atoms with Crippen LogP contribution in [-0.4, -0.2) is 30.1 Å². The van der Waals surface area contributed by atoms with Gasteiger partial charge in [-0.15, -0.1) is 0 Å². The fourth-order valence-corrected chi connectivity index (χ4v) is 1.79. The Morgan fingerprint density at radius 3 is 2.76 bits per heavy atom. The number of hydrogen-bond acceptors (Lipinski definition) is 4. The summed E-state index contributed by atoms with van der Waals surface area (Å²) < 4.78 is 4.85. The van der Waals surface area contributed by atoms with Gasteiger partial charge in [0.25, 0.3) is 0 Å². The van der Waals surface area contributed by atoms with Crippen LogP contribution in [0.25, 0.3) is 0 Å². The van der Waals surface area contributed by atoms with Crippen molar-refractivity contribution < 1.29 is 14.3 Å². The molecule has 21 heavy (non-hydrogen) atoms. The fourth-order valence-electron chi connectivity index (χ4n) is 1.79. The molecule has 0 bridgehead atoms. The number of rotatable bonds is 9. The molecule has 0 saturated carbocycles. The smallest absolute Gasteiger partial charge is 0.319 e. The maximum Gasteiger partial charge on any atom is 0.319 e. The standard InChI is InChI=1S/C15H23N3O3/c1-2-21-14(19)9-5-3-4-6-11-17-15(20)18-13-8-7-10-16-12-13/h7-8,10,12H,2-6,9,11H2,1H3,(H2,17,18,20). The van der Waals surface area contributed by atoms with Crippen LogP contribution >= 0.6 is 0 Å². The number of nitrogens with one attached hydrogen (secondary N) is 2. The Morgan fingerprint density at radius 2 is 2.05 bits per heavy atom. The number of anilines is 1. The third-order valence-electron chi connectivity index (χ3n) is 2.82. The molecule has 6 nitrogen and oxygen atoms in total. The van der Waals surface area contributed by atoms with Crippen molar-refractivity contribution in [1.82, 2.24) is 10.3 Å².